The van der Waals surface area contributed by atoms with Gasteiger partial charge in [0.05, 0.1) is 0 Å². The van der Waals surface area contributed by atoms with Crippen molar-refractivity contribution in [2.45, 2.75) is 18.8 Å². The van der Waals surface area contributed by atoms with Gasteiger partial charge in [0.25, 0.3) is 0 Å². The molecule has 3 rings (SSSR count). The quantitative estimate of drug-likeness (QED) is 0.740. The minimum Gasteiger partial charge on any atom is -0.298 e. The van der Waals surface area contributed by atoms with Crippen LogP contribution in [-0.4, -0.2) is 6.29 Å². The van der Waals surface area contributed by atoms with Crippen LogP contribution in [0.3, 0.4) is 0 Å². The van der Waals surface area contributed by atoms with E-state index >= 15 is 0 Å². The van der Waals surface area contributed by atoms with Crippen molar-refractivity contribution in [2.24, 2.45) is 0 Å². The number of aldehydes is 1. The van der Waals surface area contributed by atoms with E-state index in [1.54, 1.807) is 23.5 Å². The van der Waals surface area contributed by atoms with Crippen LogP contribution in [0.5, 0.6) is 0 Å². The molecule has 0 atom stereocenters. The molecule has 1 nitrogen and oxygen atoms in total. The Hall–Kier alpha value is -1.48. The van der Waals surface area contributed by atoms with Gasteiger partial charge in [-0.3, -0.25) is 4.79 Å². The van der Waals surface area contributed by atoms with Crippen LogP contribution in [0.2, 0.25) is 0 Å². The molecule has 0 aliphatic heterocycles. The summed E-state index contributed by atoms with van der Waals surface area (Å²) in [6, 6.07) is 8.60. The highest BCUT2D eigenvalue weighted by Gasteiger charge is 2.25. The van der Waals surface area contributed by atoms with Gasteiger partial charge in [-0.05, 0) is 37.0 Å². The number of halogens is 1. The summed E-state index contributed by atoms with van der Waals surface area (Å²) >= 11 is 1.60. The standard InChI is InChI=1S/C14H11FOS/c15-11-3-1-2-10(8-16)14(11)13-7-6-12(17-13)9-4-5-9/h1-3,6-9H,4-5H2. The molecule has 1 saturated carbocycles. The van der Waals surface area contributed by atoms with Gasteiger partial charge in [0.1, 0.15) is 5.82 Å². The summed E-state index contributed by atoms with van der Waals surface area (Å²) in [6.45, 7) is 0. The van der Waals surface area contributed by atoms with Gasteiger partial charge in [-0.15, -0.1) is 11.3 Å². The molecule has 1 fully saturated rings. The Morgan fingerprint density at radius 1 is 1.24 bits per heavy atom. The fraction of sp³-hybridized carbons (Fsp3) is 0.214. The molecule has 0 amide bonds. The Morgan fingerprint density at radius 3 is 2.76 bits per heavy atom. The molecule has 17 heavy (non-hydrogen) atoms. The third-order valence-corrected chi connectivity index (χ3v) is 4.29. The first-order valence-corrected chi connectivity index (χ1v) is 6.45. The Morgan fingerprint density at radius 2 is 2.06 bits per heavy atom. The van der Waals surface area contributed by atoms with E-state index in [9.17, 15) is 9.18 Å². The number of thiophene rings is 1. The van der Waals surface area contributed by atoms with Gasteiger partial charge in [-0.25, -0.2) is 4.39 Å². The molecule has 0 radical (unpaired) electrons. The van der Waals surface area contributed by atoms with Crippen LogP contribution in [0.4, 0.5) is 4.39 Å². The molecule has 0 unspecified atom stereocenters. The maximum atomic E-state index is 13.8. The number of hydrogen-bond donors (Lipinski definition) is 0. The zero-order chi connectivity index (χ0) is 11.8. The molecule has 86 valence electrons. The van der Waals surface area contributed by atoms with Gasteiger partial charge < -0.3 is 0 Å². The molecular formula is C14H11FOS. The first-order valence-electron chi connectivity index (χ1n) is 5.63. The highest BCUT2D eigenvalue weighted by atomic mass is 32.1. The number of benzene rings is 1. The second-order valence-electron chi connectivity index (χ2n) is 4.30. The van der Waals surface area contributed by atoms with Crippen molar-refractivity contribution in [3.8, 4) is 10.4 Å². The van der Waals surface area contributed by atoms with E-state index in [0.29, 0.717) is 17.0 Å². The summed E-state index contributed by atoms with van der Waals surface area (Å²) in [6.07, 6.45) is 3.18. The van der Waals surface area contributed by atoms with Crippen molar-refractivity contribution in [1.29, 1.82) is 0 Å². The van der Waals surface area contributed by atoms with Crippen LogP contribution < -0.4 is 0 Å². The van der Waals surface area contributed by atoms with Crippen molar-refractivity contribution in [3.05, 3.63) is 46.6 Å². The summed E-state index contributed by atoms with van der Waals surface area (Å²) < 4.78 is 13.8. The highest BCUT2D eigenvalue weighted by Crippen LogP contribution is 2.45. The molecule has 3 heteroatoms. The summed E-state index contributed by atoms with van der Waals surface area (Å²) in [5.74, 6) is 0.346. The van der Waals surface area contributed by atoms with E-state index in [1.165, 1.54) is 23.8 Å². The molecule has 0 spiro atoms. The first kappa shape index (κ1) is 10.7. The molecule has 1 aliphatic carbocycles. The maximum absolute atomic E-state index is 13.8. The lowest BCUT2D eigenvalue weighted by Gasteiger charge is -2.03. The topological polar surface area (TPSA) is 17.1 Å². The zero-order valence-electron chi connectivity index (χ0n) is 9.15. The SMILES string of the molecule is O=Cc1cccc(F)c1-c1ccc(C2CC2)s1. The number of rotatable bonds is 3. The van der Waals surface area contributed by atoms with Crippen molar-refractivity contribution in [2.75, 3.05) is 0 Å². The fourth-order valence-electron chi connectivity index (χ4n) is 1.97. The van der Waals surface area contributed by atoms with Gasteiger partial charge >= 0.3 is 0 Å². The smallest absolute Gasteiger partial charge is 0.150 e. The number of carbonyl (C=O) groups excluding carboxylic acids is 1. The van der Waals surface area contributed by atoms with Crippen LogP contribution in [0.1, 0.15) is 34.0 Å². The average Bonchev–Trinajstić information content (AvgIpc) is 3.08. The monoisotopic (exact) mass is 246 g/mol. The minimum absolute atomic E-state index is 0.321. The first-order chi connectivity index (χ1) is 8.29. The van der Waals surface area contributed by atoms with E-state index in [-0.39, 0.29) is 5.82 Å². The van der Waals surface area contributed by atoms with Crippen LogP contribution in [0.25, 0.3) is 10.4 Å². The third kappa shape index (κ3) is 1.91. The van der Waals surface area contributed by atoms with Crippen LogP contribution in [0.15, 0.2) is 30.3 Å². The summed E-state index contributed by atoms with van der Waals surface area (Å²) in [4.78, 5) is 13.1. The molecule has 0 N–H and O–H groups in total. The lowest BCUT2D eigenvalue weighted by atomic mass is 10.1. The lowest BCUT2D eigenvalue weighted by Crippen LogP contribution is -1.89. The Bertz CT molecular complexity index is 569. The van der Waals surface area contributed by atoms with Gasteiger partial charge in [0, 0.05) is 20.9 Å². The average molecular weight is 246 g/mol. The molecule has 0 bridgehead atoms. The number of hydrogen-bond acceptors (Lipinski definition) is 2. The van der Waals surface area contributed by atoms with E-state index in [0.717, 1.165) is 11.2 Å². The van der Waals surface area contributed by atoms with E-state index in [2.05, 4.69) is 6.07 Å². The molecule has 2 aromatic rings. The predicted molar refractivity (Wildman–Crippen MR) is 67.1 cm³/mol. The number of carbonyl (C=O) groups is 1. The summed E-state index contributed by atoms with van der Waals surface area (Å²) in [5.41, 5.74) is 0.869. The minimum atomic E-state index is -0.321. The summed E-state index contributed by atoms with van der Waals surface area (Å²) in [7, 11) is 0. The molecular weight excluding hydrogens is 235 g/mol. The second-order valence-corrected chi connectivity index (χ2v) is 5.41. The second kappa shape index (κ2) is 4.08. The molecule has 1 aliphatic rings. The highest BCUT2D eigenvalue weighted by molar-refractivity contribution is 7.15. The van der Waals surface area contributed by atoms with Crippen molar-refractivity contribution < 1.29 is 9.18 Å². The lowest BCUT2D eigenvalue weighted by molar-refractivity contribution is 0.112. The van der Waals surface area contributed by atoms with Gasteiger partial charge in [0.15, 0.2) is 6.29 Å². The van der Waals surface area contributed by atoms with Crippen LogP contribution >= 0.6 is 11.3 Å². The van der Waals surface area contributed by atoms with E-state index < -0.39 is 0 Å². The zero-order valence-corrected chi connectivity index (χ0v) is 9.97. The van der Waals surface area contributed by atoms with E-state index in [4.69, 9.17) is 0 Å². The molecule has 1 aromatic carbocycles. The predicted octanol–water partition coefficient (Wildman–Crippen LogP) is 4.24. The molecule has 0 saturated heterocycles. The van der Waals surface area contributed by atoms with Crippen molar-refractivity contribution in [1.82, 2.24) is 0 Å². The largest absolute Gasteiger partial charge is 0.298 e. The van der Waals surface area contributed by atoms with Crippen LogP contribution in [0, 0.1) is 5.82 Å². The van der Waals surface area contributed by atoms with Gasteiger partial charge in [-0.1, -0.05) is 12.1 Å². The van der Waals surface area contributed by atoms with Gasteiger partial charge in [0.2, 0.25) is 0 Å². The van der Waals surface area contributed by atoms with Crippen molar-refractivity contribution >= 4 is 17.6 Å². The molecule has 1 aromatic heterocycles. The van der Waals surface area contributed by atoms with Crippen molar-refractivity contribution in [3.63, 3.8) is 0 Å². The maximum Gasteiger partial charge on any atom is 0.150 e. The molecule has 1 heterocycles. The normalized spacial score (nSPS) is 14.9. The Labute approximate surface area is 103 Å². The summed E-state index contributed by atoms with van der Waals surface area (Å²) in [5, 5.41) is 0. The Kier molecular flexibility index (Phi) is 2.56. The Balaban J connectivity index is 2.09. The van der Waals surface area contributed by atoms with Gasteiger partial charge in [-0.2, -0.15) is 0 Å². The third-order valence-electron chi connectivity index (χ3n) is 3.03. The van der Waals surface area contributed by atoms with Crippen LogP contribution in [-0.2, 0) is 0 Å². The van der Waals surface area contributed by atoms with E-state index in [1.807, 2.05) is 6.07 Å². The fourth-order valence-corrected chi connectivity index (χ4v) is 3.22.